The number of benzene rings is 1. The normalized spacial score (nSPS) is 26.3. The minimum absolute atomic E-state index is 0.146. The summed E-state index contributed by atoms with van der Waals surface area (Å²) in [5.41, 5.74) is 1.23. The zero-order chi connectivity index (χ0) is 13.2. The van der Waals surface area contributed by atoms with Gasteiger partial charge < -0.3 is 5.32 Å². The Morgan fingerprint density at radius 2 is 2.05 bits per heavy atom. The van der Waals surface area contributed by atoms with Crippen LogP contribution in [0.3, 0.4) is 0 Å². The van der Waals surface area contributed by atoms with Gasteiger partial charge in [-0.25, -0.2) is 4.39 Å². The molecule has 19 heavy (non-hydrogen) atoms. The summed E-state index contributed by atoms with van der Waals surface area (Å²) < 4.78 is 12.9. The summed E-state index contributed by atoms with van der Waals surface area (Å²) in [5, 5.41) is 3.65. The fourth-order valence-electron chi connectivity index (χ4n) is 3.11. The fraction of sp³-hybridized carbons (Fsp3) is 0.625. The quantitative estimate of drug-likeness (QED) is 0.896. The average molecular weight is 262 g/mol. The Morgan fingerprint density at radius 1 is 1.32 bits per heavy atom. The van der Waals surface area contributed by atoms with Crippen LogP contribution in [0.25, 0.3) is 0 Å². The maximum absolute atomic E-state index is 12.9. The van der Waals surface area contributed by atoms with Crippen LogP contribution < -0.4 is 5.32 Å². The highest BCUT2D eigenvalue weighted by Gasteiger charge is 2.34. The molecular weight excluding hydrogens is 239 g/mol. The van der Waals surface area contributed by atoms with Crippen molar-refractivity contribution >= 4 is 0 Å². The van der Waals surface area contributed by atoms with Crippen LogP contribution in [0.2, 0.25) is 0 Å². The van der Waals surface area contributed by atoms with E-state index >= 15 is 0 Å². The van der Waals surface area contributed by atoms with Crippen molar-refractivity contribution in [2.24, 2.45) is 5.92 Å². The third kappa shape index (κ3) is 3.34. The van der Waals surface area contributed by atoms with Crippen molar-refractivity contribution in [3.05, 3.63) is 35.6 Å². The van der Waals surface area contributed by atoms with Crippen molar-refractivity contribution in [1.29, 1.82) is 0 Å². The zero-order valence-corrected chi connectivity index (χ0v) is 11.6. The summed E-state index contributed by atoms with van der Waals surface area (Å²) in [6.07, 6.45) is 3.81. The first kappa shape index (κ1) is 13.1. The number of nitrogens with zero attached hydrogens (tertiary/aromatic N) is 1. The van der Waals surface area contributed by atoms with E-state index in [2.05, 4.69) is 17.1 Å². The molecule has 2 unspecified atom stereocenters. The zero-order valence-electron chi connectivity index (χ0n) is 11.6. The van der Waals surface area contributed by atoms with E-state index in [1.54, 1.807) is 12.1 Å². The first-order valence-corrected chi connectivity index (χ1v) is 7.44. The standard InChI is InChI=1S/C16H23FN2/c1-12(10-13-2-6-15(17)7-3-13)19-9-8-18-16(11-19)14-4-5-14/h2-3,6-7,12,14,16,18H,4-5,8-11H2,1H3. The van der Waals surface area contributed by atoms with Crippen molar-refractivity contribution in [1.82, 2.24) is 10.2 Å². The minimum Gasteiger partial charge on any atom is -0.311 e. The Balaban J connectivity index is 1.56. The van der Waals surface area contributed by atoms with Crippen LogP contribution in [0.1, 0.15) is 25.3 Å². The summed E-state index contributed by atoms with van der Waals surface area (Å²) in [7, 11) is 0. The Bertz CT molecular complexity index is 413. The van der Waals surface area contributed by atoms with E-state index < -0.39 is 0 Å². The molecule has 1 aromatic carbocycles. The highest BCUT2D eigenvalue weighted by Crippen LogP contribution is 2.34. The summed E-state index contributed by atoms with van der Waals surface area (Å²) in [6.45, 7) is 5.70. The monoisotopic (exact) mass is 262 g/mol. The molecule has 3 heteroatoms. The molecule has 1 N–H and O–H groups in total. The van der Waals surface area contributed by atoms with Crippen molar-refractivity contribution in [3.8, 4) is 0 Å². The third-order valence-corrected chi connectivity index (χ3v) is 4.50. The molecule has 1 saturated carbocycles. The van der Waals surface area contributed by atoms with E-state index in [0.29, 0.717) is 12.1 Å². The number of piperazine rings is 1. The molecule has 0 amide bonds. The van der Waals surface area contributed by atoms with Crippen molar-refractivity contribution in [2.45, 2.75) is 38.3 Å². The number of hydrogen-bond acceptors (Lipinski definition) is 2. The summed E-state index contributed by atoms with van der Waals surface area (Å²) >= 11 is 0. The van der Waals surface area contributed by atoms with E-state index in [1.165, 1.54) is 24.9 Å². The lowest BCUT2D eigenvalue weighted by Gasteiger charge is -2.37. The fourth-order valence-corrected chi connectivity index (χ4v) is 3.11. The topological polar surface area (TPSA) is 15.3 Å². The largest absolute Gasteiger partial charge is 0.311 e. The lowest BCUT2D eigenvalue weighted by molar-refractivity contribution is 0.143. The maximum atomic E-state index is 12.9. The molecule has 0 bridgehead atoms. The van der Waals surface area contributed by atoms with E-state index in [4.69, 9.17) is 0 Å². The Hall–Kier alpha value is -0.930. The first-order valence-electron chi connectivity index (χ1n) is 7.44. The van der Waals surface area contributed by atoms with Crippen molar-refractivity contribution < 1.29 is 4.39 Å². The maximum Gasteiger partial charge on any atom is 0.123 e. The van der Waals surface area contributed by atoms with Gasteiger partial charge in [0, 0.05) is 31.7 Å². The van der Waals surface area contributed by atoms with Crippen molar-refractivity contribution in [2.75, 3.05) is 19.6 Å². The van der Waals surface area contributed by atoms with Gasteiger partial charge in [-0.2, -0.15) is 0 Å². The second kappa shape index (κ2) is 5.59. The third-order valence-electron chi connectivity index (χ3n) is 4.50. The van der Waals surface area contributed by atoms with Gasteiger partial charge in [0.1, 0.15) is 5.82 Å². The van der Waals surface area contributed by atoms with Gasteiger partial charge in [0.05, 0.1) is 0 Å². The first-order chi connectivity index (χ1) is 9.22. The molecule has 1 aromatic rings. The van der Waals surface area contributed by atoms with Gasteiger partial charge in [0.25, 0.3) is 0 Å². The predicted octanol–water partition coefficient (Wildman–Crippen LogP) is 2.44. The Kier molecular flexibility index (Phi) is 3.85. The predicted molar refractivity (Wildman–Crippen MR) is 75.7 cm³/mol. The average Bonchev–Trinajstić information content (AvgIpc) is 3.26. The van der Waals surface area contributed by atoms with Crippen LogP contribution in [0, 0.1) is 11.7 Å². The van der Waals surface area contributed by atoms with Crippen LogP contribution in [-0.4, -0.2) is 36.6 Å². The Labute approximate surface area is 115 Å². The lowest BCUT2D eigenvalue weighted by Crippen LogP contribution is -2.54. The molecule has 0 aromatic heterocycles. The van der Waals surface area contributed by atoms with E-state index in [9.17, 15) is 4.39 Å². The molecule has 104 valence electrons. The molecule has 3 rings (SSSR count). The molecule has 1 aliphatic carbocycles. The Morgan fingerprint density at radius 3 is 2.74 bits per heavy atom. The molecular formula is C16H23FN2. The molecule has 0 radical (unpaired) electrons. The van der Waals surface area contributed by atoms with Gasteiger partial charge in [-0.15, -0.1) is 0 Å². The minimum atomic E-state index is -0.146. The van der Waals surface area contributed by atoms with Gasteiger partial charge in [0.2, 0.25) is 0 Å². The van der Waals surface area contributed by atoms with Gasteiger partial charge in [0.15, 0.2) is 0 Å². The highest BCUT2D eigenvalue weighted by molar-refractivity contribution is 5.17. The van der Waals surface area contributed by atoms with E-state index in [1.807, 2.05) is 12.1 Å². The summed E-state index contributed by atoms with van der Waals surface area (Å²) in [4.78, 5) is 2.59. The van der Waals surface area contributed by atoms with Crippen LogP contribution >= 0.6 is 0 Å². The van der Waals surface area contributed by atoms with Crippen molar-refractivity contribution in [3.63, 3.8) is 0 Å². The molecule has 1 aliphatic heterocycles. The number of nitrogens with one attached hydrogen (secondary N) is 1. The number of hydrogen-bond donors (Lipinski definition) is 1. The summed E-state index contributed by atoms with van der Waals surface area (Å²) in [6, 6.07) is 8.18. The summed E-state index contributed by atoms with van der Waals surface area (Å²) in [5.74, 6) is 0.771. The molecule has 2 aliphatic rings. The second-order valence-corrected chi connectivity index (χ2v) is 6.07. The van der Waals surface area contributed by atoms with Crippen LogP contribution in [0.15, 0.2) is 24.3 Å². The molecule has 1 saturated heterocycles. The van der Waals surface area contributed by atoms with Crippen LogP contribution in [-0.2, 0) is 6.42 Å². The number of halogens is 1. The smallest absolute Gasteiger partial charge is 0.123 e. The highest BCUT2D eigenvalue weighted by atomic mass is 19.1. The second-order valence-electron chi connectivity index (χ2n) is 6.07. The van der Waals surface area contributed by atoms with Gasteiger partial charge in [-0.1, -0.05) is 12.1 Å². The van der Waals surface area contributed by atoms with Gasteiger partial charge in [-0.3, -0.25) is 4.90 Å². The van der Waals surface area contributed by atoms with Crippen LogP contribution in [0.4, 0.5) is 4.39 Å². The van der Waals surface area contributed by atoms with E-state index in [-0.39, 0.29) is 5.82 Å². The molecule has 1 heterocycles. The van der Waals surface area contributed by atoms with E-state index in [0.717, 1.165) is 25.4 Å². The van der Waals surface area contributed by atoms with Gasteiger partial charge in [-0.05, 0) is 49.8 Å². The lowest BCUT2D eigenvalue weighted by atomic mass is 10.0. The molecule has 2 fully saturated rings. The number of rotatable bonds is 4. The van der Waals surface area contributed by atoms with Crippen LogP contribution in [0.5, 0.6) is 0 Å². The SMILES string of the molecule is CC(Cc1ccc(F)cc1)N1CCNC(C2CC2)C1. The molecule has 0 spiro atoms. The molecule has 2 atom stereocenters. The van der Waals surface area contributed by atoms with Gasteiger partial charge >= 0.3 is 0 Å². The molecule has 2 nitrogen and oxygen atoms in total.